The van der Waals surface area contributed by atoms with Crippen molar-refractivity contribution in [3.05, 3.63) is 30.1 Å². The summed E-state index contributed by atoms with van der Waals surface area (Å²) in [6, 6.07) is 4.51. The predicted octanol–water partition coefficient (Wildman–Crippen LogP) is -0.0521. The van der Waals surface area contributed by atoms with Gasteiger partial charge in [-0.3, -0.25) is 4.98 Å². The number of hydrogen-bond acceptors (Lipinski definition) is 5. The van der Waals surface area contributed by atoms with Crippen molar-refractivity contribution in [3.8, 4) is 0 Å². The van der Waals surface area contributed by atoms with Crippen molar-refractivity contribution in [3.63, 3.8) is 0 Å². The molecule has 2 unspecified atom stereocenters. The number of nitrogens with zero attached hydrogens (tertiary/aromatic N) is 1. The number of rotatable bonds is 5. The Hall–Kier alpha value is -0.700. The molecule has 112 valence electrons. The van der Waals surface area contributed by atoms with E-state index < -0.39 is 31.3 Å². The van der Waals surface area contributed by atoms with Crippen molar-refractivity contribution in [2.75, 3.05) is 17.3 Å². The van der Waals surface area contributed by atoms with Crippen LogP contribution >= 0.6 is 11.6 Å². The first-order chi connectivity index (χ1) is 9.27. The summed E-state index contributed by atoms with van der Waals surface area (Å²) < 4.78 is 49.0. The van der Waals surface area contributed by atoms with Crippen molar-refractivity contribution < 1.29 is 16.8 Å². The van der Waals surface area contributed by atoms with Gasteiger partial charge in [-0.2, -0.15) is 0 Å². The van der Waals surface area contributed by atoms with E-state index in [1.165, 1.54) is 0 Å². The molecule has 9 heteroatoms. The van der Waals surface area contributed by atoms with E-state index in [9.17, 15) is 16.8 Å². The van der Waals surface area contributed by atoms with Crippen LogP contribution in [0, 0.1) is 0 Å². The number of nitrogens with one attached hydrogen (secondary N) is 1. The number of aromatic nitrogens is 1. The largest absolute Gasteiger partial charge is 0.261 e. The molecule has 0 aliphatic carbocycles. The Labute approximate surface area is 123 Å². The lowest BCUT2D eigenvalue weighted by Crippen LogP contribution is -2.42. The van der Waals surface area contributed by atoms with Crippen molar-refractivity contribution in [2.45, 2.75) is 17.8 Å². The molecule has 0 saturated carbocycles. The first-order valence-corrected chi connectivity index (χ1v) is 9.93. The number of pyridine rings is 1. The van der Waals surface area contributed by atoms with Crippen LogP contribution in [0.2, 0.25) is 0 Å². The number of hydrogen-bond donors (Lipinski definition) is 1. The minimum atomic E-state index is -3.59. The summed E-state index contributed by atoms with van der Waals surface area (Å²) in [7, 11) is -6.84. The van der Waals surface area contributed by atoms with E-state index in [1.807, 2.05) is 0 Å². The molecule has 0 spiro atoms. The van der Waals surface area contributed by atoms with Gasteiger partial charge in [0.15, 0.2) is 9.84 Å². The number of aryl methyl sites for hydroxylation is 1. The lowest BCUT2D eigenvalue weighted by Gasteiger charge is -2.14. The second-order valence-corrected chi connectivity index (χ2v) is 9.30. The molecule has 1 aromatic heterocycles. The Morgan fingerprint density at radius 3 is 2.65 bits per heavy atom. The van der Waals surface area contributed by atoms with E-state index in [0.717, 1.165) is 0 Å². The van der Waals surface area contributed by atoms with E-state index in [4.69, 9.17) is 11.6 Å². The normalized spacial score (nSPS) is 25.6. The first kappa shape index (κ1) is 15.7. The zero-order valence-corrected chi connectivity index (χ0v) is 13.0. The Morgan fingerprint density at radius 2 is 2.10 bits per heavy atom. The minimum Gasteiger partial charge on any atom is -0.261 e. The molecule has 0 aromatic carbocycles. The molecule has 20 heavy (non-hydrogen) atoms. The van der Waals surface area contributed by atoms with E-state index in [1.54, 1.807) is 24.4 Å². The van der Waals surface area contributed by atoms with Crippen LogP contribution < -0.4 is 4.72 Å². The summed E-state index contributed by atoms with van der Waals surface area (Å²) in [5.74, 6) is -0.587. The summed E-state index contributed by atoms with van der Waals surface area (Å²) in [5.41, 5.74) is 0.666. The van der Waals surface area contributed by atoms with E-state index >= 15 is 0 Å². The molecule has 2 heterocycles. The Balaban J connectivity index is 1.95. The Bertz CT molecular complexity index is 661. The monoisotopic (exact) mass is 338 g/mol. The summed E-state index contributed by atoms with van der Waals surface area (Å²) in [6.07, 6.45) is 1.86. The molecule has 0 amide bonds. The summed E-state index contributed by atoms with van der Waals surface area (Å²) in [6.45, 7) is 0. The van der Waals surface area contributed by atoms with Crippen LogP contribution in [-0.4, -0.2) is 50.5 Å². The van der Waals surface area contributed by atoms with Crippen LogP contribution in [0.1, 0.15) is 5.69 Å². The molecule has 0 radical (unpaired) electrons. The molecular formula is C11H15ClN2O4S2. The minimum absolute atomic E-state index is 0.149. The van der Waals surface area contributed by atoms with Gasteiger partial charge in [-0.1, -0.05) is 6.07 Å². The third-order valence-corrected chi connectivity index (χ3v) is 6.75. The van der Waals surface area contributed by atoms with Gasteiger partial charge in [0.05, 0.1) is 28.7 Å². The van der Waals surface area contributed by atoms with Gasteiger partial charge in [0, 0.05) is 18.3 Å². The quantitative estimate of drug-likeness (QED) is 0.760. The second kappa shape index (κ2) is 5.97. The van der Waals surface area contributed by atoms with Gasteiger partial charge in [0.1, 0.15) is 0 Å². The van der Waals surface area contributed by atoms with Crippen molar-refractivity contribution in [1.29, 1.82) is 0 Å². The highest BCUT2D eigenvalue weighted by Gasteiger charge is 2.38. The number of sulfone groups is 1. The van der Waals surface area contributed by atoms with Crippen LogP contribution in [0.4, 0.5) is 0 Å². The molecule has 1 aromatic rings. The zero-order valence-electron chi connectivity index (χ0n) is 10.6. The van der Waals surface area contributed by atoms with Crippen LogP contribution in [0.15, 0.2) is 24.4 Å². The molecule has 2 atom stereocenters. The number of halogens is 1. The van der Waals surface area contributed by atoms with E-state index in [0.29, 0.717) is 5.69 Å². The highest BCUT2D eigenvalue weighted by atomic mass is 35.5. The number of sulfonamides is 1. The van der Waals surface area contributed by atoms with E-state index in [2.05, 4.69) is 9.71 Å². The molecule has 1 aliphatic rings. The van der Waals surface area contributed by atoms with E-state index in [-0.39, 0.29) is 23.7 Å². The maximum atomic E-state index is 11.9. The van der Waals surface area contributed by atoms with Gasteiger partial charge in [-0.05, 0) is 12.1 Å². The Morgan fingerprint density at radius 1 is 1.35 bits per heavy atom. The van der Waals surface area contributed by atoms with Crippen molar-refractivity contribution in [1.82, 2.24) is 9.71 Å². The highest BCUT2D eigenvalue weighted by Crippen LogP contribution is 2.18. The summed E-state index contributed by atoms with van der Waals surface area (Å²) in [4.78, 5) is 4.04. The van der Waals surface area contributed by atoms with Gasteiger partial charge in [0.2, 0.25) is 10.0 Å². The molecule has 1 N–H and O–H groups in total. The Kier molecular flexibility index (Phi) is 4.68. The first-order valence-electron chi connectivity index (χ1n) is 6.02. The van der Waals surface area contributed by atoms with Crippen LogP contribution in [0.25, 0.3) is 0 Å². The van der Waals surface area contributed by atoms with Gasteiger partial charge in [-0.25, -0.2) is 21.6 Å². The topological polar surface area (TPSA) is 93.2 Å². The molecule has 1 aliphatic heterocycles. The fourth-order valence-electron chi connectivity index (χ4n) is 1.99. The SMILES string of the molecule is O=S1(=O)CC(Cl)C(NS(=O)(=O)CCc2ccccn2)C1. The molecule has 6 nitrogen and oxygen atoms in total. The van der Waals surface area contributed by atoms with Crippen molar-refractivity contribution >= 4 is 31.5 Å². The second-order valence-electron chi connectivity index (χ2n) is 4.71. The molecule has 0 bridgehead atoms. The van der Waals surface area contributed by atoms with Crippen LogP contribution in [-0.2, 0) is 26.3 Å². The summed E-state index contributed by atoms with van der Waals surface area (Å²) in [5, 5.41) is -0.718. The van der Waals surface area contributed by atoms with Gasteiger partial charge < -0.3 is 0 Å². The number of alkyl halides is 1. The highest BCUT2D eigenvalue weighted by molar-refractivity contribution is 7.92. The average molecular weight is 339 g/mol. The summed E-state index contributed by atoms with van der Waals surface area (Å²) >= 11 is 5.87. The molecular weight excluding hydrogens is 324 g/mol. The third kappa shape index (κ3) is 4.41. The van der Waals surface area contributed by atoms with Crippen LogP contribution in [0.5, 0.6) is 0 Å². The zero-order chi connectivity index (χ0) is 14.8. The predicted molar refractivity (Wildman–Crippen MR) is 76.9 cm³/mol. The standard InChI is InChI=1S/C11H15ClN2O4S2/c12-10-7-19(15,16)8-11(10)14-20(17,18)6-4-9-3-1-2-5-13-9/h1-3,5,10-11,14H,4,6-8H2. The van der Waals surface area contributed by atoms with Crippen molar-refractivity contribution in [2.24, 2.45) is 0 Å². The smallest absolute Gasteiger partial charge is 0.212 e. The lowest BCUT2D eigenvalue weighted by molar-refractivity contribution is 0.562. The maximum absolute atomic E-state index is 11.9. The van der Waals surface area contributed by atoms with Gasteiger partial charge >= 0.3 is 0 Å². The molecule has 1 fully saturated rings. The average Bonchev–Trinajstić information content (AvgIpc) is 2.60. The maximum Gasteiger partial charge on any atom is 0.212 e. The fraction of sp³-hybridized carbons (Fsp3) is 0.545. The van der Waals surface area contributed by atoms with Gasteiger partial charge in [0.25, 0.3) is 0 Å². The fourth-order valence-corrected chi connectivity index (χ4v) is 6.02. The molecule has 1 saturated heterocycles. The molecule has 2 rings (SSSR count). The van der Waals surface area contributed by atoms with Crippen LogP contribution in [0.3, 0.4) is 0 Å². The van der Waals surface area contributed by atoms with Gasteiger partial charge in [-0.15, -0.1) is 11.6 Å². The third-order valence-electron chi connectivity index (χ3n) is 2.97. The lowest BCUT2D eigenvalue weighted by atomic mass is 10.3.